The van der Waals surface area contributed by atoms with Crippen molar-refractivity contribution in [2.24, 2.45) is 0 Å². The highest BCUT2D eigenvalue weighted by molar-refractivity contribution is 5.37. The molecule has 1 unspecified atom stereocenters. The summed E-state index contributed by atoms with van der Waals surface area (Å²) < 4.78 is 0. The van der Waals surface area contributed by atoms with E-state index in [9.17, 15) is 15.4 Å². The van der Waals surface area contributed by atoms with E-state index in [1.54, 1.807) is 47.6 Å². The highest BCUT2D eigenvalue weighted by atomic mass is 16.5. The number of aliphatic hydroxyl groups is 2. The van der Waals surface area contributed by atoms with Gasteiger partial charge < -0.3 is 10.2 Å². The van der Waals surface area contributed by atoms with Gasteiger partial charge in [0, 0.05) is 0 Å². The number of hydroxylamine groups is 2. The van der Waals surface area contributed by atoms with Crippen LogP contribution in [0.2, 0.25) is 0 Å². The van der Waals surface area contributed by atoms with Crippen LogP contribution >= 0.6 is 0 Å². The second-order valence-electron chi connectivity index (χ2n) is 6.34. The van der Waals surface area contributed by atoms with Crippen LogP contribution in [0, 0.1) is 11.8 Å². The monoisotopic (exact) mass is 252 g/mol. The van der Waals surface area contributed by atoms with Crippen LogP contribution in [0.15, 0.2) is 11.6 Å². The van der Waals surface area contributed by atoms with E-state index in [4.69, 9.17) is 0 Å². The van der Waals surface area contributed by atoms with Crippen LogP contribution in [-0.4, -0.2) is 38.1 Å². The Balaban J connectivity index is 3.06. The minimum Gasteiger partial charge on any atom is -0.378 e. The molecule has 1 heterocycles. The lowest BCUT2D eigenvalue weighted by Gasteiger charge is -2.34. The zero-order valence-corrected chi connectivity index (χ0v) is 11.9. The van der Waals surface area contributed by atoms with Gasteiger partial charge in [0.25, 0.3) is 0 Å². The van der Waals surface area contributed by atoms with Crippen LogP contribution in [0.4, 0.5) is 0 Å². The van der Waals surface area contributed by atoms with Gasteiger partial charge in [0.1, 0.15) is 11.7 Å². The smallest absolute Gasteiger partial charge is 0.138 e. The van der Waals surface area contributed by atoms with Crippen LogP contribution in [0.3, 0.4) is 0 Å². The second-order valence-corrected chi connectivity index (χ2v) is 6.34. The van der Waals surface area contributed by atoms with Crippen molar-refractivity contribution < 1.29 is 15.4 Å². The van der Waals surface area contributed by atoms with Crippen molar-refractivity contribution in [3.63, 3.8) is 0 Å². The van der Waals surface area contributed by atoms with Crippen LogP contribution < -0.4 is 0 Å². The fraction of sp³-hybridized carbons (Fsp3) is 0.714. The molecule has 1 aliphatic heterocycles. The summed E-state index contributed by atoms with van der Waals surface area (Å²) in [6.45, 7) is 10.2. The maximum atomic E-state index is 12.1. The Bertz CT molecular complexity index is 419. The Morgan fingerprint density at radius 2 is 1.83 bits per heavy atom. The molecule has 0 fully saturated rings. The van der Waals surface area contributed by atoms with E-state index in [-0.39, 0.29) is 0 Å². The maximum absolute atomic E-state index is 12.1. The van der Waals surface area contributed by atoms with Crippen LogP contribution in [0.25, 0.3) is 0 Å². The fourth-order valence-electron chi connectivity index (χ4n) is 2.19. The van der Waals surface area contributed by atoms with Gasteiger partial charge in [-0.25, -0.2) is 0 Å². The van der Waals surface area contributed by atoms with Gasteiger partial charge in [-0.3, -0.25) is 0 Å². The quantitative estimate of drug-likeness (QED) is 0.545. The Morgan fingerprint density at radius 3 is 2.17 bits per heavy atom. The van der Waals surface area contributed by atoms with Gasteiger partial charge in [-0.05, 0) is 47.1 Å². The molecule has 1 rings (SSSR count). The van der Waals surface area contributed by atoms with E-state index < -0.39 is 22.8 Å². The molecule has 0 aromatic heterocycles. The zero-order valence-electron chi connectivity index (χ0n) is 11.9. The highest BCUT2D eigenvalue weighted by Gasteiger charge is 2.48. The first kappa shape index (κ1) is 15.2. The predicted molar refractivity (Wildman–Crippen MR) is 68.8 cm³/mol. The standard InChI is InChI=1S/C14H22NO3/c1-12(2)9-10(14(5,6)15(12)18)11(16)7-8-13(3,4)17/h9,11,16-17H,1-6H3. The summed E-state index contributed by atoms with van der Waals surface area (Å²) in [6, 6.07) is 0. The van der Waals surface area contributed by atoms with Gasteiger partial charge in [-0.15, -0.1) is 10.3 Å². The first-order valence-corrected chi connectivity index (χ1v) is 6.02. The summed E-state index contributed by atoms with van der Waals surface area (Å²) in [5, 5.41) is 32.7. The van der Waals surface area contributed by atoms with Crippen molar-refractivity contribution in [1.82, 2.24) is 5.06 Å². The number of nitrogens with zero attached hydrogens (tertiary/aromatic N) is 1. The normalized spacial score (nSPS) is 24.2. The molecular formula is C14H22NO3. The lowest BCUT2D eigenvalue weighted by atomic mass is 9.91. The Morgan fingerprint density at radius 1 is 1.33 bits per heavy atom. The van der Waals surface area contributed by atoms with Crippen molar-refractivity contribution in [1.29, 1.82) is 0 Å². The Labute approximate surface area is 109 Å². The lowest BCUT2D eigenvalue weighted by molar-refractivity contribution is -0.239. The van der Waals surface area contributed by atoms with Crippen molar-refractivity contribution in [3.05, 3.63) is 11.6 Å². The third-order valence-electron chi connectivity index (χ3n) is 3.06. The number of rotatable bonds is 1. The molecule has 1 radical (unpaired) electrons. The molecule has 101 valence electrons. The van der Waals surface area contributed by atoms with Gasteiger partial charge >= 0.3 is 0 Å². The third-order valence-corrected chi connectivity index (χ3v) is 3.06. The van der Waals surface area contributed by atoms with E-state index >= 15 is 0 Å². The molecule has 4 heteroatoms. The lowest BCUT2D eigenvalue weighted by Crippen LogP contribution is -2.47. The van der Waals surface area contributed by atoms with Gasteiger partial charge in [0.15, 0.2) is 0 Å². The third kappa shape index (κ3) is 2.93. The summed E-state index contributed by atoms with van der Waals surface area (Å²) in [6.07, 6.45) is 0.716. The van der Waals surface area contributed by atoms with Crippen LogP contribution in [-0.2, 0) is 5.21 Å². The molecule has 0 saturated heterocycles. The van der Waals surface area contributed by atoms with Crippen LogP contribution in [0.1, 0.15) is 41.5 Å². The second kappa shape index (κ2) is 4.36. The largest absolute Gasteiger partial charge is 0.378 e. The molecule has 0 spiro atoms. The highest BCUT2D eigenvalue weighted by Crippen LogP contribution is 2.39. The average Bonchev–Trinajstić information content (AvgIpc) is 2.34. The van der Waals surface area contributed by atoms with Crippen molar-refractivity contribution in [2.75, 3.05) is 0 Å². The van der Waals surface area contributed by atoms with Gasteiger partial charge in [-0.1, -0.05) is 17.9 Å². The molecule has 0 saturated carbocycles. The van der Waals surface area contributed by atoms with Gasteiger partial charge in [0.2, 0.25) is 0 Å². The van der Waals surface area contributed by atoms with Crippen molar-refractivity contribution in [2.45, 2.75) is 64.3 Å². The summed E-state index contributed by atoms with van der Waals surface area (Å²) in [5.74, 6) is 5.17. The maximum Gasteiger partial charge on any atom is 0.138 e. The molecule has 2 N–H and O–H groups in total. The Kier molecular flexibility index (Phi) is 3.68. The predicted octanol–water partition coefficient (Wildman–Crippen LogP) is 1.27. The van der Waals surface area contributed by atoms with E-state index in [1.807, 2.05) is 0 Å². The molecule has 0 bridgehead atoms. The number of hydrogen-bond donors (Lipinski definition) is 2. The SMILES string of the molecule is CC(C)(O)C#CC(O)C1=CC(C)(C)N([O])C1(C)C. The molecule has 0 aliphatic carbocycles. The van der Waals surface area contributed by atoms with E-state index in [0.717, 1.165) is 5.06 Å². The summed E-state index contributed by atoms with van der Waals surface area (Å²) in [4.78, 5) is 0. The first-order valence-electron chi connectivity index (χ1n) is 6.02. The molecule has 0 aromatic carbocycles. The van der Waals surface area contributed by atoms with Crippen LogP contribution in [0.5, 0.6) is 0 Å². The minimum absolute atomic E-state index is 0.583. The number of hydrogen-bond acceptors (Lipinski definition) is 3. The molecule has 18 heavy (non-hydrogen) atoms. The summed E-state index contributed by atoms with van der Waals surface area (Å²) >= 11 is 0. The zero-order chi connectivity index (χ0) is 14.4. The van der Waals surface area contributed by atoms with E-state index in [0.29, 0.717) is 5.57 Å². The summed E-state index contributed by atoms with van der Waals surface area (Å²) in [7, 11) is 0. The molecule has 1 atom stereocenters. The van der Waals surface area contributed by atoms with Crippen molar-refractivity contribution in [3.8, 4) is 11.8 Å². The van der Waals surface area contributed by atoms with Crippen molar-refractivity contribution >= 4 is 0 Å². The van der Waals surface area contributed by atoms with Gasteiger partial charge in [-0.2, -0.15) is 0 Å². The first-order chi connectivity index (χ1) is 7.88. The molecular weight excluding hydrogens is 230 g/mol. The van der Waals surface area contributed by atoms with E-state index in [2.05, 4.69) is 11.8 Å². The average molecular weight is 252 g/mol. The summed E-state index contributed by atoms with van der Waals surface area (Å²) in [5.41, 5.74) is -2.02. The Hall–Kier alpha value is -0.860. The van der Waals surface area contributed by atoms with E-state index in [1.165, 1.54) is 0 Å². The topological polar surface area (TPSA) is 63.6 Å². The molecule has 1 aliphatic rings. The number of aliphatic hydroxyl groups excluding tert-OH is 1. The minimum atomic E-state index is -1.16. The molecule has 0 amide bonds. The molecule has 4 nitrogen and oxygen atoms in total. The molecule has 0 aromatic rings. The van der Waals surface area contributed by atoms with Gasteiger partial charge in [0.05, 0.1) is 11.1 Å². The fourth-order valence-corrected chi connectivity index (χ4v) is 2.19.